The fraction of sp³-hybridized carbons (Fsp3) is 0.529. The molecule has 0 radical (unpaired) electrons. The second-order valence-electron chi connectivity index (χ2n) is 5.98. The van der Waals surface area contributed by atoms with Gasteiger partial charge in [-0.3, -0.25) is 10.2 Å². The van der Waals surface area contributed by atoms with Gasteiger partial charge in [-0.1, -0.05) is 35.5 Å². The van der Waals surface area contributed by atoms with Crippen LogP contribution in [0.1, 0.15) is 23.3 Å². The number of likely N-dealkylation sites (N-methyl/N-ethyl adjacent to an activating group) is 1. The summed E-state index contributed by atoms with van der Waals surface area (Å²) in [6.07, 6.45) is 1.98. The first-order valence-electron chi connectivity index (χ1n) is 8.24. The molecule has 1 N–H and O–H groups in total. The Bertz CT molecular complexity index is 618. The van der Waals surface area contributed by atoms with Crippen LogP contribution in [0, 0.1) is 0 Å². The van der Waals surface area contributed by atoms with Crippen LogP contribution in [0.2, 0.25) is 0 Å². The average Bonchev–Trinajstić information content (AvgIpc) is 3.08. The molecule has 0 amide bonds. The van der Waals surface area contributed by atoms with Crippen molar-refractivity contribution in [2.24, 2.45) is 0 Å². The van der Waals surface area contributed by atoms with Crippen LogP contribution in [-0.2, 0) is 16.1 Å². The molecule has 1 unspecified atom stereocenters. The molecule has 2 atom stereocenters. The fourth-order valence-corrected chi connectivity index (χ4v) is 2.96. The first-order valence-corrected chi connectivity index (χ1v) is 8.24. The van der Waals surface area contributed by atoms with Crippen molar-refractivity contribution in [3.8, 4) is 0 Å². The smallest absolute Gasteiger partial charge is 0.102 e. The van der Waals surface area contributed by atoms with E-state index in [1.54, 1.807) is 7.11 Å². The number of rotatable bonds is 7. The van der Waals surface area contributed by atoms with E-state index in [2.05, 4.69) is 51.8 Å². The Morgan fingerprint density at radius 2 is 2.04 bits per heavy atom. The number of hydrogen-bond donors (Lipinski definition) is 1. The zero-order valence-corrected chi connectivity index (χ0v) is 14.3. The van der Waals surface area contributed by atoms with Gasteiger partial charge in [-0.15, -0.1) is 5.10 Å². The second-order valence-corrected chi connectivity index (χ2v) is 5.98. The summed E-state index contributed by atoms with van der Waals surface area (Å²) in [6, 6.07) is 10.8. The predicted octanol–water partition coefficient (Wildman–Crippen LogP) is 1.22. The third-order valence-electron chi connectivity index (χ3n) is 4.37. The fourth-order valence-electron chi connectivity index (χ4n) is 2.96. The molecule has 24 heavy (non-hydrogen) atoms. The Kier molecular flexibility index (Phi) is 5.92. The van der Waals surface area contributed by atoms with Crippen molar-refractivity contribution in [1.82, 2.24) is 25.2 Å². The highest BCUT2D eigenvalue weighted by Gasteiger charge is 2.32. The van der Waals surface area contributed by atoms with E-state index in [4.69, 9.17) is 9.47 Å². The lowest BCUT2D eigenvalue weighted by Crippen LogP contribution is -2.39. The van der Waals surface area contributed by atoms with Crippen molar-refractivity contribution in [1.29, 1.82) is 0 Å². The summed E-state index contributed by atoms with van der Waals surface area (Å²) in [6.45, 7) is 3.42. The highest BCUT2D eigenvalue weighted by atomic mass is 16.5. The summed E-state index contributed by atoms with van der Waals surface area (Å²) in [5.74, 6) is 0. The van der Waals surface area contributed by atoms with Gasteiger partial charge in [0.1, 0.15) is 5.69 Å². The van der Waals surface area contributed by atoms with E-state index in [9.17, 15) is 0 Å². The van der Waals surface area contributed by atoms with Crippen LogP contribution in [0.3, 0.4) is 0 Å². The van der Waals surface area contributed by atoms with Crippen LogP contribution >= 0.6 is 0 Å². The minimum atomic E-state index is 0.108. The Hall–Kier alpha value is -1.80. The first kappa shape index (κ1) is 17.0. The van der Waals surface area contributed by atoms with Gasteiger partial charge in [0.2, 0.25) is 0 Å². The van der Waals surface area contributed by atoms with Gasteiger partial charge in [0.15, 0.2) is 0 Å². The maximum atomic E-state index is 5.85. The number of ether oxygens (including phenoxy) is 2. The number of nitrogens with one attached hydrogen (secondary N) is 1. The maximum Gasteiger partial charge on any atom is 0.102 e. The van der Waals surface area contributed by atoms with Crippen molar-refractivity contribution in [2.75, 3.05) is 40.5 Å². The van der Waals surface area contributed by atoms with Crippen LogP contribution < -0.4 is 5.32 Å². The lowest BCUT2D eigenvalue weighted by atomic mass is 10.0. The topological polar surface area (TPSA) is 64.4 Å². The highest BCUT2D eigenvalue weighted by molar-refractivity contribution is 5.20. The molecule has 0 bridgehead atoms. The number of benzene rings is 1. The van der Waals surface area contributed by atoms with E-state index in [1.165, 1.54) is 5.56 Å². The minimum Gasteiger partial charge on any atom is -0.383 e. The Balaban J connectivity index is 1.65. The molecule has 1 aromatic heterocycles. The molecule has 2 aromatic rings. The molecule has 1 aliphatic rings. The first-order chi connectivity index (χ1) is 11.8. The second kappa shape index (κ2) is 8.34. The molecule has 2 heterocycles. The summed E-state index contributed by atoms with van der Waals surface area (Å²) < 4.78 is 12.7. The quantitative estimate of drug-likeness (QED) is 0.770. The lowest BCUT2D eigenvalue weighted by molar-refractivity contribution is -0.0398. The molecule has 1 saturated heterocycles. The molecule has 7 heteroatoms. The van der Waals surface area contributed by atoms with Gasteiger partial charge in [-0.2, -0.15) is 0 Å². The summed E-state index contributed by atoms with van der Waals surface area (Å²) in [7, 11) is 3.82. The summed E-state index contributed by atoms with van der Waals surface area (Å²) in [5, 5.41) is 11.8. The SMILES string of the molecule is COCCNCn1cc(C2COC[C@H](c3ccccc3)N2C)nn1. The Morgan fingerprint density at radius 3 is 2.83 bits per heavy atom. The molecule has 1 aliphatic heterocycles. The average molecular weight is 331 g/mol. The van der Waals surface area contributed by atoms with Crippen LogP contribution in [0.15, 0.2) is 36.5 Å². The van der Waals surface area contributed by atoms with Gasteiger partial charge >= 0.3 is 0 Å². The number of morpholine rings is 1. The summed E-state index contributed by atoms with van der Waals surface area (Å²) in [4.78, 5) is 2.32. The largest absolute Gasteiger partial charge is 0.383 e. The third kappa shape index (κ3) is 3.99. The van der Waals surface area contributed by atoms with Gasteiger partial charge in [0, 0.05) is 13.7 Å². The molecule has 130 valence electrons. The maximum absolute atomic E-state index is 5.85. The van der Waals surface area contributed by atoms with Crippen LogP contribution in [0.4, 0.5) is 0 Å². The Labute approximate surface area is 142 Å². The van der Waals surface area contributed by atoms with Crippen LogP contribution in [-0.4, -0.2) is 60.4 Å². The van der Waals surface area contributed by atoms with Crippen LogP contribution in [0.25, 0.3) is 0 Å². The van der Waals surface area contributed by atoms with Gasteiger partial charge < -0.3 is 9.47 Å². The number of methoxy groups -OCH3 is 1. The molecule has 0 saturated carbocycles. The van der Waals surface area contributed by atoms with Crippen molar-refractivity contribution < 1.29 is 9.47 Å². The van der Waals surface area contributed by atoms with Gasteiger partial charge in [0.05, 0.1) is 44.8 Å². The van der Waals surface area contributed by atoms with Crippen molar-refractivity contribution >= 4 is 0 Å². The van der Waals surface area contributed by atoms with E-state index in [-0.39, 0.29) is 12.1 Å². The van der Waals surface area contributed by atoms with Crippen LogP contribution in [0.5, 0.6) is 0 Å². The minimum absolute atomic E-state index is 0.108. The monoisotopic (exact) mass is 331 g/mol. The molecule has 0 spiro atoms. The zero-order valence-electron chi connectivity index (χ0n) is 14.3. The van der Waals surface area contributed by atoms with E-state index >= 15 is 0 Å². The molecule has 1 fully saturated rings. The number of nitrogens with zero attached hydrogens (tertiary/aromatic N) is 4. The molecule has 1 aromatic carbocycles. The predicted molar refractivity (Wildman–Crippen MR) is 90.4 cm³/mol. The molecule has 7 nitrogen and oxygen atoms in total. The molecular weight excluding hydrogens is 306 g/mol. The third-order valence-corrected chi connectivity index (χ3v) is 4.37. The van der Waals surface area contributed by atoms with E-state index in [1.807, 2.05) is 16.9 Å². The molecule has 3 rings (SSSR count). The molecular formula is C17H25N5O2. The summed E-state index contributed by atoms with van der Waals surface area (Å²) in [5.41, 5.74) is 2.20. The summed E-state index contributed by atoms with van der Waals surface area (Å²) >= 11 is 0. The van der Waals surface area contributed by atoms with Crippen molar-refractivity contribution in [3.63, 3.8) is 0 Å². The zero-order chi connectivity index (χ0) is 16.8. The highest BCUT2D eigenvalue weighted by Crippen LogP contribution is 2.32. The van der Waals surface area contributed by atoms with Gasteiger partial charge in [0.25, 0.3) is 0 Å². The van der Waals surface area contributed by atoms with E-state index in [0.29, 0.717) is 26.5 Å². The Morgan fingerprint density at radius 1 is 1.25 bits per heavy atom. The van der Waals surface area contributed by atoms with E-state index < -0.39 is 0 Å². The standard InChI is InChI=1S/C17H25N5O2/c1-21-16(14-6-4-3-5-7-14)11-24-12-17(21)15-10-22(20-19-15)13-18-8-9-23-2/h3-7,10,16-18H,8-9,11-13H2,1-2H3/t16-,17?/m1/s1. The van der Waals surface area contributed by atoms with Gasteiger partial charge in [-0.05, 0) is 12.6 Å². The van der Waals surface area contributed by atoms with Crippen molar-refractivity contribution in [2.45, 2.75) is 18.8 Å². The number of hydrogen-bond acceptors (Lipinski definition) is 6. The molecule has 0 aliphatic carbocycles. The normalized spacial score (nSPS) is 21.9. The number of aromatic nitrogens is 3. The lowest BCUT2D eigenvalue weighted by Gasteiger charge is -2.38. The van der Waals surface area contributed by atoms with Crippen molar-refractivity contribution in [3.05, 3.63) is 47.8 Å². The van der Waals surface area contributed by atoms with E-state index in [0.717, 1.165) is 12.2 Å². The van der Waals surface area contributed by atoms with Gasteiger partial charge in [-0.25, -0.2) is 4.68 Å².